The summed E-state index contributed by atoms with van der Waals surface area (Å²) < 4.78 is 26.9. The van der Waals surface area contributed by atoms with E-state index < -0.39 is 10.2 Å². The van der Waals surface area contributed by atoms with E-state index in [2.05, 4.69) is 13.8 Å². The van der Waals surface area contributed by atoms with E-state index in [1.54, 1.807) is 11.4 Å². The topological polar surface area (TPSA) is 40.6 Å². The lowest BCUT2D eigenvalue weighted by atomic mass is 9.84. The molecule has 2 saturated heterocycles. The van der Waals surface area contributed by atoms with Crippen LogP contribution in [0.5, 0.6) is 0 Å². The number of hydrogen-bond donors (Lipinski definition) is 0. The average molecular weight is 232 g/mol. The Morgan fingerprint density at radius 1 is 1.33 bits per heavy atom. The Labute approximate surface area is 92.4 Å². The molecule has 5 heteroatoms. The summed E-state index contributed by atoms with van der Waals surface area (Å²) in [5.41, 5.74) is 0. The van der Waals surface area contributed by atoms with Crippen molar-refractivity contribution in [2.24, 2.45) is 11.8 Å². The summed E-state index contributed by atoms with van der Waals surface area (Å²) in [6.45, 7) is 5.84. The Morgan fingerprint density at radius 2 is 2.00 bits per heavy atom. The number of likely N-dealkylation sites (N-methyl/N-ethyl adjacent to an activating group) is 1. The van der Waals surface area contributed by atoms with Crippen LogP contribution in [0.25, 0.3) is 0 Å². The second-order valence-electron chi connectivity index (χ2n) is 5.08. The molecule has 0 spiro atoms. The van der Waals surface area contributed by atoms with Crippen LogP contribution in [0.4, 0.5) is 0 Å². The summed E-state index contributed by atoms with van der Waals surface area (Å²) in [7, 11) is -1.43. The quantitative estimate of drug-likeness (QED) is 0.674. The fourth-order valence-electron chi connectivity index (χ4n) is 2.71. The average Bonchev–Trinajstić information content (AvgIpc) is 2.38. The molecule has 0 saturated carbocycles. The molecule has 2 unspecified atom stereocenters. The standard InChI is InChI=1S/C10H20N2O2S/c1-8(2)9-4-5-12-10(6-9)7-11(3)15(12,13)14/h8-10H,4-7H2,1-3H3. The summed E-state index contributed by atoms with van der Waals surface area (Å²) in [6, 6.07) is 0.223. The fourth-order valence-corrected chi connectivity index (χ4v) is 4.29. The first-order chi connectivity index (χ1) is 6.93. The van der Waals surface area contributed by atoms with Crippen molar-refractivity contribution in [1.82, 2.24) is 8.61 Å². The summed E-state index contributed by atoms with van der Waals surface area (Å²) >= 11 is 0. The number of piperidine rings is 1. The van der Waals surface area contributed by atoms with Crippen molar-refractivity contribution in [1.29, 1.82) is 0 Å². The van der Waals surface area contributed by atoms with Crippen molar-refractivity contribution in [2.45, 2.75) is 32.7 Å². The van der Waals surface area contributed by atoms with E-state index in [1.807, 2.05) is 0 Å². The molecule has 0 N–H and O–H groups in total. The third-order valence-corrected chi connectivity index (χ3v) is 5.81. The van der Waals surface area contributed by atoms with Gasteiger partial charge in [-0.05, 0) is 24.7 Å². The van der Waals surface area contributed by atoms with E-state index in [0.717, 1.165) is 12.8 Å². The molecule has 2 rings (SSSR count). The maximum atomic E-state index is 11.9. The molecular formula is C10H20N2O2S. The predicted octanol–water partition coefficient (Wildman–Crippen LogP) is 0.913. The summed E-state index contributed by atoms with van der Waals surface area (Å²) in [6.07, 6.45) is 2.04. The van der Waals surface area contributed by atoms with E-state index in [0.29, 0.717) is 24.9 Å². The fraction of sp³-hybridized carbons (Fsp3) is 1.00. The lowest BCUT2D eigenvalue weighted by Crippen LogP contribution is -2.42. The van der Waals surface area contributed by atoms with Crippen LogP contribution >= 0.6 is 0 Å². The van der Waals surface area contributed by atoms with Crippen molar-refractivity contribution >= 4 is 10.2 Å². The lowest BCUT2D eigenvalue weighted by Gasteiger charge is -2.34. The molecule has 0 radical (unpaired) electrons. The third-order valence-electron chi connectivity index (χ3n) is 3.80. The van der Waals surface area contributed by atoms with Crippen LogP contribution < -0.4 is 0 Å². The number of hydrogen-bond acceptors (Lipinski definition) is 2. The van der Waals surface area contributed by atoms with Crippen LogP contribution in [0, 0.1) is 11.8 Å². The Kier molecular flexibility index (Phi) is 2.81. The highest BCUT2D eigenvalue weighted by Crippen LogP contribution is 2.34. The number of rotatable bonds is 1. The first kappa shape index (κ1) is 11.4. The van der Waals surface area contributed by atoms with Crippen LogP contribution in [0.1, 0.15) is 26.7 Å². The Bertz CT molecular complexity index is 339. The molecule has 0 aromatic heterocycles. The third kappa shape index (κ3) is 1.81. The minimum absolute atomic E-state index is 0.223. The van der Waals surface area contributed by atoms with Gasteiger partial charge in [0.15, 0.2) is 0 Å². The normalized spacial score (nSPS) is 37.1. The van der Waals surface area contributed by atoms with Crippen LogP contribution in [0.2, 0.25) is 0 Å². The summed E-state index contributed by atoms with van der Waals surface area (Å²) in [5, 5.41) is 0. The first-order valence-corrected chi connectivity index (χ1v) is 7.05. The maximum Gasteiger partial charge on any atom is 0.282 e. The summed E-state index contributed by atoms with van der Waals surface area (Å²) in [4.78, 5) is 0. The van der Waals surface area contributed by atoms with Gasteiger partial charge in [-0.2, -0.15) is 17.0 Å². The van der Waals surface area contributed by atoms with Crippen molar-refractivity contribution in [2.75, 3.05) is 20.1 Å². The van der Waals surface area contributed by atoms with E-state index in [4.69, 9.17) is 0 Å². The van der Waals surface area contributed by atoms with Gasteiger partial charge in [-0.3, -0.25) is 0 Å². The SMILES string of the molecule is CC(C)C1CCN2C(C1)CN(C)S2(=O)=O. The van der Waals surface area contributed by atoms with Gasteiger partial charge in [0.25, 0.3) is 10.2 Å². The van der Waals surface area contributed by atoms with Gasteiger partial charge in [-0.15, -0.1) is 0 Å². The van der Waals surface area contributed by atoms with Crippen LogP contribution in [-0.2, 0) is 10.2 Å². The second kappa shape index (κ2) is 3.71. The molecule has 0 aromatic rings. The minimum atomic E-state index is -3.11. The molecule has 2 aliphatic heterocycles. The van der Waals surface area contributed by atoms with Gasteiger partial charge in [-0.1, -0.05) is 13.8 Å². The van der Waals surface area contributed by atoms with Crippen molar-refractivity contribution in [3.8, 4) is 0 Å². The highest BCUT2D eigenvalue weighted by molar-refractivity contribution is 7.87. The van der Waals surface area contributed by atoms with E-state index in [1.165, 1.54) is 4.31 Å². The van der Waals surface area contributed by atoms with Gasteiger partial charge in [0.1, 0.15) is 0 Å². The Morgan fingerprint density at radius 3 is 2.60 bits per heavy atom. The Balaban J connectivity index is 2.14. The molecule has 0 aliphatic carbocycles. The molecule has 4 nitrogen and oxygen atoms in total. The molecule has 15 heavy (non-hydrogen) atoms. The van der Waals surface area contributed by atoms with Gasteiger partial charge >= 0.3 is 0 Å². The van der Waals surface area contributed by atoms with Gasteiger partial charge in [0.05, 0.1) is 0 Å². The van der Waals surface area contributed by atoms with Crippen molar-refractivity contribution in [3.05, 3.63) is 0 Å². The molecular weight excluding hydrogens is 212 g/mol. The Hall–Kier alpha value is -0.130. The predicted molar refractivity (Wildman–Crippen MR) is 59.6 cm³/mol. The number of fused-ring (bicyclic) bond motifs is 1. The monoisotopic (exact) mass is 232 g/mol. The summed E-state index contributed by atoms with van der Waals surface area (Å²) in [5.74, 6) is 1.36. The first-order valence-electron chi connectivity index (χ1n) is 5.66. The van der Waals surface area contributed by atoms with Gasteiger partial charge in [-0.25, -0.2) is 0 Å². The van der Waals surface area contributed by atoms with E-state index >= 15 is 0 Å². The van der Waals surface area contributed by atoms with Crippen molar-refractivity contribution in [3.63, 3.8) is 0 Å². The molecule has 0 amide bonds. The molecule has 2 atom stereocenters. The van der Waals surface area contributed by atoms with Gasteiger partial charge < -0.3 is 0 Å². The second-order valence-corrected chi connectivity index (χ2v) is 7.07. The largest absolute Gasteiger partial charge is 0.282 e. The highest BCUT2D eigenvalue weighted by atomic mass is 32.2. The van der Waals surface area contributed by atoms with E-state index in [9.17, 15) is 8.42 Å². The van der Waals surface area contributed by atoms with Crippen LogP contribution in [0.15, 0.2) is 0 Å². The molecule has 0 bridgehead atoms. The highest BCUT2D eigenvalue weighted by Gasteiger charge is 2.45. The van der Waals surface area contributed by atoms with Gasteiger partial charge in [0, 0.05) is 26.2 Å². The zero-order chi connectivity index (χ0) is 11.2. The van der Waals surface area contributed by atoms with E-state index in [-0.39, 0.29) is 6.04 Å². The zero-order valence-electron chi connectivity index (χ0n) is 9.68. The molecule has 2 aliphatic rings. The lowest BCUT2D eigenvalue weighted by molar-refractivity contribution is 0.178. The van der Waals surface area contributed by atoms with Crippen LogP contribution in [-0.4, -0.2) is 43.2 Å². The molecule has 88 valence electrons. The van der Waals surface area contributed by atoms with Crippen LogP contribution in [0.3, 0.4) is 0 Å². The smallest absolute Gasteiger partial charge is 0.195 e. The van der Waals surface area contributed by atoms with Crippen molar-refractivity contribution < 1.29 is 8.42 Å². The minimum Gasteiger partial charge on any atom is -0.195 e. The zero-order valence-corrected chi connectivity index (χ0v) is 10.5. The molecule has 2 heterocycles. The van der Waals surface area contributed by atoms with Gasteiger partial charge in [0.2, 0.25) is 0 Å². The molecule has 0 aromatic carbocycles. The maximum absolute atomic E-state index is 11.9. The number of nitrogens with zero attached hydrogens (tertiary/aromatic N) is 2. The molecule has 2 fully saturated rings.